The maximum Gasteiger partial charge on any atom is 0.143 e. The zero-order valence-electron chi connectivity index (χ0n) is 35.3. The van der Waals surface area contributed by atoms with E-state index in [0.717, 1.165) is 106 Å². The average Bonchev–Trinajstić information content (AvgIpc) is 3.73. The van der Waals surface area contributed by atoms with Crippen LogP contribution in [0, 0.1) is 0 Å². The standard InChI is InChI=1S/C58H41NO3SSi/c1-64(2)53-25-12-10-22-50(53)62-57-45(19-14-26-54(57)64)38-27-31-42(32-28-38)59(43-33-29-39(30-34-43)46-20-13-23-51-58(46)63-52-24-11-9-21-49(52)60-51)44-35-36-48-47(37-44)55(40-15-5-3-6-16-40)56(61-48)41-17-7-4-8-18-41/h3-37H,1-2H3. The lowest BCUT2D eigenvalue weighted by molar-refractivity contribution is 0.455. The Morgan fingerprint density at radius 3 is 1.77 bits per heavy atom. The molecule has 2 aliphatic heterocycles. The first-order valence-corrected chi connectivity index (χ1v) is 25.5. The van der Waals surface area contributed by atoms with E-state index in [1.54, 1.807) is 11.8 Å². The molecule has 9 aromatic carbocycles. The Morgan fingerprint density at radius 2 is 1.02 bits per heavy atom. The van der Waals surface area contributed by atoms with Crippen molar-refractivity contribution < 1.29 is 13.9 Å². The number of hydrogen-bond acceptors (Lipinski definition) is 5. The fraction of sp³-hybridized carbons (Fsp3) is 0.0345. The minimum Gasteiger partial charge on any atom is -0.457 e. The van der Waals surface area contributed by atoms with E-state index in [-0.39, 0.29) is 0 Å². The zero-order chi connectivity index (χ0) is 42.8. The van der Waals surface area contributed by atoms with Crippen LogP contribution in [0.5, 0.6) is 23.0 Å². The summed E-state index contributed by atoms with van der Waals surface area (Å²) in [6.45, 7) is 4.84. The Labute approximate surface area is 378 Å². The molecule has 0 atom stereocenters. The minimum atomic E-state index is -1.99. The summed E-state index contributed by atoms with van der Waals surface area (Å²) in [6, 6.07) is 75.1. The molecule has 0 saturated carbocycles. The van der Waals surface area contributed by atoms with E-state index >= 15 is 0 Å². The van der Waals surface area contributed by atoms with Gasteiger partial charge in [0.25, 0.3) is 0 Å². The number of ether oxygens (including phenoxy) is 2. The summed E-state index contributed by atoms with van der Waals surface area (Å²) in [5, 5.41) is 3.71. The molecule has 0 spiro atoms. The number of nitrogens with zero attached hydrogens (tertiary/aromatic N) is 1. The van der Waals surface area contributed by atoms with Crippen molar-refractivity contribution in [3.63, 3.8) is 0 Å². The van der Waals surface area contributed by atoms with Gasteiger partial charge in [-0.3, -0.25) is 0 Å². The van der Waals surface area contributed by atoms with E-state index in [9.17, 15) is 0 Å². The van der Waals surface area contributed by atoms with Crippen molar-refractivity contribution in [1.82, 2.24) is 0 Å². The summed E-state index contributed by atoms with van der Waals surface area (Å²) >= 11 is 1.76. The summed E-state index contributed by atoms with van der Waals surface area (Å²) in [7, 11) is -1.99. The van der Waals surface area contributed by atoms with Gasteiger partial charge in [-0.05, 0) is 99.4 Å². The van der Waals surface area contributed by atoms with Gasteiger partial charge in [-0.1, -0.05) is 170 Å². The Kier molecular flexibility index (Phi) is 9.18. The maximum absolute atomic E-state index is 6.74. The number of para-hydroxylation sites is 3. The smallest absolute Gasteiger partial charge is 0.143 e. The second-order valence-electron chi connectivity index (χ2n) is 16.8. The zero-order valence-corrected chi connectivity index (χ0v) is 37.1. The van der Waals surface area contributed by atoms with Crippen molar-refractivity contribution in [2.75, 3.05) is 4.90 Å². The Morgan fingerprint density at radius 1 is 0.438 bits per heavy atom. The fourth-order valence-electron chi connectivity index (χ4n) is 9.41. The van der Waals surface area contributed by atoms with E-state index in [4.69, 9.17) is 13.9 Å². The van der Waals surface area contributed by atoms with Gasteiger partial charge in [0.2, 0.25) is 0 Å². The lowest BCUT2D eigenvalue weighted by Gasteiger charge is -2.34. The van der Waals surface area contributed by atoms with Crippen LogP contribution in [-0.4, -0.2) is 8.07 Å². The molecule has 0 unspecified atom stereocenters. The molecule has 306 valence electrons. The molecule has 2 aliphatic rings. The van der Waals surface area contributed by atoms with E-state index < -0.39 is 8.07 Å². The highest BCUT2D eigenvalue weighted by molar-refractivity contribution is 7.99. The van der Waals surface area contributed by atoms with Crippen molar-refractivity contribution in [2.45, 2.75) is 22.9 Å². The molecule has 0 fully saturated rings. The van der Waals surface area contributed by atoms with Gasteiger partial charge in [0.1, 0.15) is 42.4 Å². The van der Waals surface area contributed by atoms with Gasteiger partial charge in [0, 0.05) is 39.1 Å². The van der Waals surface area contributed by atoms with Gasteiger partial charge in [-0.15, -0.1) is 0 Å². The minimum absolute atomic E-state index is 0.837. The number of fused-ring (bicyclic) bond motifs is 5. The van der Waals surface area contributed by atoms with E-state index in [1.165, 1.54) is 10.4 Å². The summed E-state index contributed by atoms with van der Waals surface area (Å²) in [5.41, 5.74) is 11.6. The van der Waals surface area contributed by atoms with Crippen molar-refractivity contribution in [2.24, 2.45) is 0 Å². The summed E-state index contributed by atoms with van der Waals surface area (Å²) in [6.07, 6.45) is 0. The third-order valence-corrected chi connectivity index (χ3v) is 17.3. The molecular weight excluding hydrogens is 819 g/mol. The van der Waals surface area contributed by atoms with Crippen molar-refractivity contribution in [3.8, 4) is 67.7 Å². The molecule has 10 aromatic rings. The predicted molar refractivity (Wildman–Crippen MR) is 267 cm³/mol. The molecule has 3 heterocycles. The van der Waals surface area contributed by atoms with Crippen molar-refractivity contribution in [1.29, 1.82) is 0 Å². The second-order valence-corrected chi connectivity index (χ2v) is 22.2. The number of anilines is 3. The highest BCUT2D eigenvalue weighted by Gasteiger charge is 2.37. The molecule has 1 aromatic heterocycles. The van der Waals surface area contributed by atoms with Gasteiger partial charge in [-0.2, -0.15) is 0 Å². The third-order valence-electron chi connectivity index (χ3n) is 12.6. The van der Waals surface area contributed by atoms with Gasteiger partial charge >= 0.3 is 0 Å². The average molecular weight is 860 g/mol. The topological polar surface area (TPSA) is 34.8 Å². The van der Waals surface area contributed by atoms with Crippen LogP contribution in [0.25, 0.3) is 55.7 Å². The summed E-state index contributed by atoms with van der Waals surface area (Å²) in [4.78, 5) is 4.58. The van der Waals surface area contributed by atoms with Crippen LogP contribution in [0.1, 0.15) is 0 Å². The monoisotopic (exact) mass is 859 g/mol. The van der Waals surface area contributed by atoms with Crippen LogP contribution >= 0.6 is 11.8 Å². The largest absolute Gasteiger partial charge is 0.457 e. The molecule has 4 nitrogen and oxygen atoms in total. The third kappa shape index (κ3) is 6.45. The van der Waals surface area contributed by atoms with Gasteiger partial charge in [0.05, 0.1) is 9.79 Å². The first-order valence-electron chi connectivity index (χ1n) is 21.6. The number of furan rings is 1. The Bertz CT molecular complexity index is 3380. The highest BCUT2D eigenvalue weighted by Crippen LogP contribution is 2.51. The number of rotatable bonds is 7. The molecule has 64 heavy (non-hydrogen) atoms. The van der Waals surface area contributed by atoms with Crippen LogP contribution in [-0.2, 0) is 0 Å². The van der Waals surface area contributed by atoms with Crippen molar-refractivity contribution in [3.05, 3.63) is 212 Å². The SMILES string of the molecule is C[Si]1(C)c2ccccc2Oc2c(-c3ccc(N(c4ccc(-c5cccc6c5Sc5ccccc5O6)cc4)c4ccc5oc(-c6ccccc6)c(-c6ccccc6)c5c4)cc3)cccc21. The predicted octanol–water partition coefficient (Wildman–Crippen LogP) is 15.8. The van der Waals surface area contributed by atoms with E-state index in [1.807, 2.05) is 18.2 Å². The molecule has 0 N–H and O–H groups in total. The molecule has 6 heteroatoms. The van der Waals surface area contributed by atoms with Crippen LogP contribution in [0.2, 0.25) is 13.1 Å². The molecule has 0 bridgehead atoms. The molecule has 0 saturated heterocycles. The van der Waals surface area contributed by atoms with E-state index in [0.29, 0.717) is 0 Å². The quantitative estimate of drug-likeness (QED) is 0.149. The number of benzene rings is 9. The van der Waals surface area contributed by atoms with Crippen LogP contribution < -0.4 is 24.7 Å². The van der Waals surface area contributed by atoms with Crippen LogP contribution in [0.15, 0.2) is 227 Å². The molecule has 0 radical (unpaired) electrons. The Hall–Kier alpha value is -7.51. The van der Waals surface area contributed by atoms with Gasteiger partial charge < -0.3 is 18.8 Å². The van der Waals surface area contributed by atoms with Crippen molar-refractivity contribution >= 4 is 58.2 Å². The summed E-state index contributed by atoms with van der Waals surface area (Å²) < 4.78 is 19.8. The first kappa shape index (κ1) is 38.2. The molecular formula is C58H41NO3SSi. The van der Waals surface area contributed by atoms with Gasteiger partial charge in [0.15, 0.2) is 0 Å². The molecule has 0 amide bonds. The Balaban J connectivity index is 0.983. The number of hydrogen-bond donors (Lipinski definition) is 0. The molecule has 12 rings (SSSR count). The highest BCUT2D eigenvalue weighted by atomic mass is 32.2. The van der Waals surface area contributed by atoms with Crippen LogP contribution in [0.3, 0.4) is 0 Å². The first-order chi connectivity index (χ1) is 31.5. The second kappa shape index (κ2) is 15.4. The fourth-order valence-corrected chi connectivity index (χ4v) is 13.3. The molecule has 0 aliphatic carbocycles. The normalized spacial score (nSPS) is 13.2. The van der Waals surface area contributed by atoms with E-state index in [2.05, 4.69) is 212 Å². The lowest BCUT2D eigenvalue weighted by Crippen LogP contribution is -2.56. The maximum atomic E-state index is 6.74. The lowest BCUT2D eigenvalue weighted by atomic mass is 9.98. The van der Waals surface area contributed by atoms with Crippen LogP contribution in [0.4, 0.5) is 17.1 Å². The summed E-state index contributed by atoms with van der Waals surface area (Å²) in [5.74, 6) is 4.58. The van der Waals surface area contributed by atoms with Gasteiger partial charge in [-0.25, -0.2) is 0 Å².